The van der Waals surface area contributed by atoms with Crippen LogP contribution in [0.3, 0.4) is 0 Å². The van der Waals surface area contributed by atoms with Crippen molar-refractivity contribution in [1.29, 1.82) is 0 Å². The molecule has 0 aromatic heterocycles. The second-order valence-electron chi connectivity index (χ2n) is 6.31. The number of aryl methyl sites for hydroxylation is 2. The number of halogens is 2. The SMILES string of the molecule is Cc1ccc(C)c(NC(=O)[C@H]2CC(=O)N(c3cc(Cl)ccc3Cl)C2)c1. The molecule has 1 heterocycles. The van der Waals surface area contributed by atoms with Crippen LogP contribution < -0.4 is 10.2 Å². The Labute approximate surface area is 156 Å². The van der Waals surface area contributed by atoms with Crippen molar-refractivity contribution in [1.82, 2.24) is 0 Å². The molecule has 130 valence electrons. The van der Waals surface area contributed by atoms with Crippen LogP contribution in [0.1, 0.15) is 17.5 Å². The van der Waals surface area contributed by atoms with Crippen molar-refractivity contribution in [3.63, 3.8) is 0 Å². The molecule has 0 spiro atoms. The second kappa shape index (κ2) is 7.06. The van der Waals surface area contributed by atoms with Gasteiger partial charge in [-0.1, -0.05) is 35.3 Å². The number of nitrogens with zero attached hydrogens (tertiary/aromatic N) is 1. The Hall–Kier alpha value is -2.04. The predicted octanol–water partition coefficient (Wildman–Crippen LogP) is 4.60. The molecule has 6 heteroatoms. The Bertz CT molecular complexity index is 851. The van der Waals surface area contributed by atoms with Gasteiger partial charge in [-0.2, -0.15) is 0 Å². The molecule has 3 rings (SSSR count). The molecule has 4 nitrogen and oxygen atoms in total. The largest absolute Gasteiger partial charge is 0.326 e. The third kappa shape index (κ3) is 3.80. The lowest BCUT2D eigenvalue weighted by atomic mass is 10.1. The van der Waals surface area contributed by atoms with E-state index < -0.39 is 5.92 Å². The van der Waals surface area contributed by atoms with E-state index in [1.165, 1.54) is 4.90 Å². The molecule has 0 unspecified atom stereocenters. The maximum atomic E-state index is 12.6. The zero-order chi connectivity index (χ0) is 18.1. The van der Waals surface area contributed by atoms with Crippen LogP contribution in [0.4, 0.5) is 11.4 Å². The van der Waals surface area contributed by atoms with E-state index in [9.17, 15) is 9.59 Å². The Balaban J connectivity index is 1.77. The first-order valence-electron chi connectivity index (χ1n) is 7.98. The van der Waals surface area contributed by atoms with Crippen molar-refractivity contribution in [2.24, 2.45) is 5.92 Å². The summed E-state index contributed by atoms with van der Waals surface area (Å²) in [6, 6.07) is 10.8. The molecule has 0 radical (unpaired) electrons. The summed E-state index contributed by atoms with van der Waals surface area (Å²) in [4.78, 5) is 26.5. The van der Waals surface area contributed by atoms with Crippen LogP contribution in [0.25, 0.3) is 0 Å². The molecular weight excluding hydrogens is 359 g/mol. The van der Waals surface area contributed by atoms with Crippen molar-refractivity contribution >= 4 is 46.4 Å². The average molecular weight is 377 g/mol. The van der Waals surface area contributed by atoms with Crippen LogP contribution in [0.5, 0.6) is 0 Å². The summed E-state index contributed by atoms with van der Waals surface area (Å²) < 4.78 is 0. The van der Waals surface area contributed by atoms with Gasteiger partial charge in [-0.05, 0) is 49.2 Å². The normalized spacial score (nSPS) is 17.0. The first-order chi connectivity index (χ1) is 11.8. The number of hydrogen-bond acceptors (Lipinski definition) is 2. The maximum absolute atomic E-state index is 12.6. The summed E-state index contributed by atoms with van der Waals surface area (Å²) in [6.07, 6.45) is 0.152. The third-order valence-electron chi connectivity index (χ3n) is 4.35. The smallest absolute Gasteiger partial charge is 0.229 e. The Morgan fingerprint density at radius 3 is 2.68 bits per heavy atom. The maximum Gasteiger partial charge on any atom is 0.229 e. The molecule has 1 fully saturated rings. The van der Waals surface area contributed by atoms with Crippen molar-refractivity contribution < 1.29 is 9.59 Å². The van der Waals surface area contributed by atoms with Gasteiger partial charge in [0, 0.05) is 23.7 Å². The van der Waals surface area contributed by atoms with Crippen molar-refractivity contribution in [3.05, 3.63) is 57.6 Å². The number of benzene rings is 2. The van der Waals surface area contributed by atoms with Crippen LogP contribution in [0, 0.1) is 19.8 Å². The summed E-state index contributed by atoms with van der Waals surface area (Å²) in [6.45, 7) is 4.19. The molecule has 0 saturated carbocycles. The zero-order valence-corrected chi connectivity index (χ0v) is 15.5. The van der Waals surface area contributed by atoms with Crippen LogP contribution in [-0.4, -0.2) is 18.4 Å². The molecule has 1 aliphatic heterocycles. The van der Waals surface area contributed by atoms with E-state index in [0.717, 1.165) is 16.8 Å². The van der Waals surface area contributed by atoms with Crippen LogP contribution >= 0.6 is 23.2 Å². The highest BCUT2D eigenvalue weighted by molar-refractivity contribution is 6.36. The van der Waals surface area contributed by atoms with Crippen molar-refractivity contribution in [2.75, 3.05) is 16.8 Å². The molecule has 0 bridgehead atoms. The van der Waals surface area contributed by atoms with Gasteiger partial charge in [0.15, 0.2) is 0 Å². The minimum atomic E-state index is -0.428. The Kier molecular flexibility index (Phi) is 5.02. The standard InChI is InChI=1S/C19H18Cl2N2O2/c1-11-3-4-12(2)16(7-11)22-19(25)13-8-18(24)23(10-13)17-9-14(20)5-6-15(17)21/h3-7,9,13H,8,10H2,1-2H3,(H,22,25)/t13-/m0/s1. The van der Waals surface area contributed by atoms with Gasteiger partial charge in [-0.3, -0.25) is 9.59 Å². The van der Waals surface area contributed by atoms with Gasteiger partial charge < -0.3 is 10.2 Å². The Morgan fingerprint density at radius 1 is 1.16 bits per heavy atom. The monoisotopic (exact) mass is 376 g/mol. The topological polar surface area (TPSA) is 49.4 Å². The first kappa shape index (κ1) is 17.8. The molecule has 2 amide bonds. The van der Waals surface area contributed by atoms with Crippen molar-refractivity contribution in [3.8, 4) is 0 Å². The van der Waals surface area contributed by atoms with Gasteiger partial charge >= 0.3 is 0 Å². The average Bonchev–Trinajstić information content (AvgIpc) is 2.95. The van der Waals surface area contributed by atoms with E-state index in [1.54, 1.807) is 18.2 Å². The molecule has 1 saturated heterocycles. The summed E-state index contributed by atoms with van der Waals surface area (Å²) in [7, 11) is 0. The minimum absolute atomic E-state index is 0.134. The molecule has 1 N–H and O–H groups in total. The van der Waals surface area contributed by atoms with Crippen LogP contribution in [-0.2, 0) is 9.59 Å². The molecular formula is C19H18Cl2N2O2. The lowest BCUT2D eigenvalue weighted by molar-refractivity contribution is -0.122. The number of rotatable bonds is 3. The zero-order valence-electron chi connectivity index (χ0n) is 14.0. The van der Waals surface area contributed by atoms with E-state index in [0.29, 0.717) is 15.7 Å². The quantitative estimate of drug-likeness (QED) is 0.850. The second-order valence-corrected chi connectivity index (χ2v) is 7.15. The number of carbonyl (C=O) groups excluding carboxylic acids is 2. The predicted molar refractivity (Wildman–Crippen MR) is 101 cm³/mol. The van der Waals surface area contributed by atoms with Gasteiger partial charge in [-0.25, -0.2) is 0 Å². The van der Waals surface area contributed by atoms with Crippen molar-refractivity contribution in [2.45, 2.75) is 20.3 Å². The molecule has 1 atom stereocenters. The number of hydrogen-bond donors (Lipinski definition) is 1. The van der Waals surface area contributed by atoms with Gasteiger partial charge in [0.2, 0.25) is 11.8 Å². The molecule has 2 aromatic rings. The molecule has 1 aliphatic rings. The van der Waals surface area contributed by atoms with E-state index in [2.05, 4.69) is 5.32 Å². The van der Waals surface area contributed by atoms with Gasteiger partial charge in [0.05, 0.1) is 16.6 Å². The fraction of sp³-hybridized carbons (Fsp3) is 0.263. The fourth-order valence-corrected chi connectivity index (χ4v) is 3.30. The van der Waals surface area contributed by atoms with Gasteiger partial charge in [-0.15, -0.1) is 0 Å². The highest BCUT2D eigenvalue weighted by atomic mass is 35.5. The van der Waals surface area contributed by atoms with Crippen LogP contribution in [0.2, 0.25) is 10.0 Å². The fourth-order valence-electron chi connectivity index (χ4n) is 2.91. The van der Waals surface area contributed by atoms with E-state index in [-0.39, 0.29) is 24.8 Å². The molecule has 2 aromatic carbocycles. The third-order valence-corrected chi connectivity index (χ3v) is 4.90. The highest BCUT2D eigenvalue weighted by Crippen LogP contribution is 2.33. The lowest BCUT2D eigenvalue weighted by Crippen LogP contribution is -2.28. The highest BCUT2D eigenvalue weighted by Gasteiger charge is 2.36. The van der Waals surface area contributed by atoms with E-state index in [4.69, 9.17) is 23.2 Å². The van der Waals surface area contributed by atoms with Gasteiger partial charge in [0.1, 0.15) is 0 Å². The van der Waals surface area contributed by atoms with Gasteiger partial charge in [0.25, 0.3) is 0 Å². The Morgan fingerprint density at radius 2 is 1.92 bits per heavy atom. The molecule has 25 heavy (non-hydrogen) atoms. The van der Waals surface area contributed by atoms with E-state index in [1.807, 2.05) is 32.0 Å². The van der Waals surface area contributed by atoms with Crippen LogP contribution in [0.15, 0.2) is 36.4 Å². The summed E-state index contributed by atoms with van der Waals surface area (Å²) in [5.41, 5.74) is 3.37. The summed E-state index contributed by atoms with van der Waals surface area (Å²) in [5.74, 6) is -0.726. The summed E-state index contributed by atoms with van der Waals surface area (Å²) >= 11 is 12.2. The number of anilines is 2. The lowest BCUT2D eigenvalue weighted by Gasteiger charge is -2.18. The number of amides is 2. The first-order valence-corrected chi connectivity index (χ1v) is 8.74. The number of nitrogens with one attached hydrogen (secondary N) is 1. The van der Waals surface area contributed by atoms with E-state index >= 15 is 0 Å². The summed E-state index contributed by atoms with van der Waals surface area (Å²) in [5, 5.41) is 3.87. The minimum Gasteiger partial charge on any atom is -0.326 e. The number of carbonyl (C=O) groups is 2. The molecule has 0 aliphatic carbocycles.